The fraction of sp³-hybridized carbons (Fsp3) is 0.471. The van der Waals surface area contributed by atoms with Gasteiger partial charge in [0.05, 0.1) is 13.2 Å². The zero-order chi connectivity index (χ0) is 16.9. The van der Waals surface area contributed by atoms with Gasteiger partial charge in [-0.15, -0.1) is 0 Å². The molecular weight excluding hydrogens is 308 g/mol. The largest absolute Gasteiger partial charge is 0.367 e. The summed E-state index contributed by atoms with van der Waals surface area (Å²) in [5.41, 5.74) is 0.846. The topological polar surface area (TPSA) is 80.3 Å². The third kappa shape index (κ3) is 3.47. The number of rotatable bonds is 5. The first-order valence-electron chi connectivity index (χ1n) is 8.12. The minimum Gasteiger partial charge on any atom is -0.367 e. The normalized spacial score (nSPS) is 19.2. The van der Waals surface area contributed by atoms with Crippen LogP contribution in [0.1, 0.15) is 36.3 Å². The summed E-state index contributed by atoms with van der Waals surface area (Å²) < 4.78 is 11.2. The first kappa shape index (κ1) is 16.6. The van der Waals surface area contributed by atoms with Crippen LogP contribution < -0.4 is 0 Å². The van der Waals surface area contributed by atoms with Gasteiger partial charge in [-0.3, -0.25) is 9.89 Å². The molecule has 1 aliphatic rings. The predicted molar refractivity (Wildman–Crippen MR) is 87.2 cm³/mol. The van der Waals surface area contributed by atoms with Crippen molar-refractivity contribution >= 4 is 5.91 Å². The van der Waals surface area contributed by atoms with Crippen molar-refractivity contribution in [3.05, 3.63) is 47.5 Å². The van der Waals surface area contributed by atoms with Gasteiger partial charge in [0, 0.05) is 20.1 Å². The van der Waals surface area contributed by atoms with Gasteiger partial charge >= 0.3 is 0 Å². The number of aryl methyl sites for hydroxylation is 1. The van der Waals surface area contributed by atoms with E-state index in [-0.39, 0.29) is 12.0 Å². The van der Waals surface area contributed by atoms with Crippen LogP contribution in [0.15, 0.2) is 30.3 Å². The molecular formula is C17H22N4O3. The summed E-state index contributed by atoms with van der Waals surface area (Å²) in [6.07, 6.45) is -0.141. The lowest BCUT2D eigenvalue weighted by Gasteiger charge is -2.33. The van der Waals surface area contributed by atoms with E-state index in [1.165, 1.54) is 0 Å². The van der Waals surface area contributed by atoms with E-state index in [4.69, 9.17) is 9.47 Å². The molecule has 1 aromatic carbocycles. The fourth-order valence-corrected chi connectivity index (χ4v) is 2.79. The summed E-state index contributed by atoms with van der Waals surface area (Å²) in [5.74, 6) is 1.34. The Morgan fingerprint density at radius 3 is 2.92 bits per heavy atom. The average Bonchev–Trinajstić information content (AvgIpc) is 3.12. The van der Waals surface area contributed by atoms with Crippen molar-refractivity contribution in [3.63, 3.8) is 0 Å². The van der Waals surface area contributed by atoms with Gasteiger partial charge in [-0.1, -0.05) is 37.3 Å². The SMILES string of the molecule is CCc1nc([C@H]2CN(C(=O)[C@H](OC)c3ccccc3)CCO2)n[nH]1. The number of hydrogen-bond donors (Lipinski definition) is 1. The summed E-state index contributed by atoms with van der Waals surface area (Å²) in [6.45, 7) is 3.42. The molecule has 1 fully saturated rings. The molecule has 24 heavy (non-hydrogen) atoms. The van der Waals surface area contributed by atoms with Gasteiger partial charge in [-0.2, -0.15) is 5.10 Å². The maximum absolute atomic E-state index is 12.9. The quantitative estimate of drug-likeness (QED) is 0.902. The first-order valence-corrected chi connectivity index (χ1v) is 8.12. The van der Waals surface area contributed by atoms with Crippen LogP contribution in [-0.4, -0.2) is 52.8 Å². The van der Waals surface area contributed by atoms with Gasteiger partial charge < -0.3 is 14.4 Å². The molecule has 0 radical (unpaired) electrons. The highest BCUT2D eigenvalue weighted by Gasteiger charge is 2.32. The molecule has 0 bridgehead atoms. The summed E-state index contributed by atoms with van der Waals surface area (Å²) in [4.78, 5) is 19.0. The second-order valence-electron chi connectivity index (χ2n) is 5.66. The lowest BCUT2D eigenvalue weighted by Crippen LogP contribution is -2.45. The Hall–Kier alpha value is -2.25. The summed E-state index contributed by atoms with van der Waals surface area (Å²) >= 11 is 0. The van der Waals surface area contributed by atoms with Gasteiger partial charge in [0.2, 0.25) is 0 Å². The van der Waals surface area contributed by atoms with Gasteiger partial charge in [-0.25, -0.2) is 4.98 Å². The van der Waals surface area contributed by atoms with E-state index in [0.29, 0.717) is 25.5 Å². The standard InChI is InChI=1S/C17H22N4O3/c1-3-14-18-16(20-19-14)13-11-21(9-10-24-13)17(22)15(23-2)12-7-5-4-6-8-12/h4-8,13,15H,3,9-11H2,1-2H3,(H,18,19,20)/t13-,15-/m1/s1. The van der Waals surface area contributed by atoms with Crippen LogP contribution in [0.2, 0.25) is 0 Å². The van der Waals surface area contributed by atoms with Crippen LogP contribution in [0.5, 0.6) is 0 Å². The molecule has 3 rings (SSSR count). The van der Waals surface area contributed by atoms with Crippen molar-refractivity contribution in [1.82, 2.24) is 20.1 Å². The number of benzene rings is 1. The van der Waals surface area contributed by atoms with Crippen molar-refractivity contribution < 1.29 is 14.3 Å². The molecule has 0 spiro atoms. The number of carbonyl (C=O) groups is 1. The number of hydrogen-bond acceptors (Lipinski definition) is 5. The molecule has 0 unspecified atom stereocenters. The van der Waals surface area contributed by atoms with Crippen molar-refractivity contribution in [3.8, 4) is 0 Å². The van der Waals surface area contributed by atoms with Gasteiger partial charge in [-0.05, 0) is 5.56 Å². The molecule has 7 heteroatoms. The van der Waals surface area contributed by atoms with Gasteiger partial charge in [0.15, 0.2) is 11.9 Å². The molecule has 0 aliphatic carbocycles. The Kier molecular flexibility index (Phi) is 5.22. The highest BCUT2D eigenvalue weighted by molar-refractivity contribution is 5.82. The van der Waals surface area contributed by atoms with Crippen molar-refractivity contribution in [2.75, 3.05) is 26.8 Å². The number of amides is 1. The predicted octanol–water partition coefficient (Wildman–Crippen LogP) is 1.65. The molecule has 2 atom stereocenters. The Morgan fingerprint density at radius 2 is 2.25 bits per heavy atom. The maximum atomic E-state index is 12.9. The molecule has 0 saturated carbocycles. The number of carbonyl (C=O) groups excluding carboxylic acids is 1. The minimum absolute atomic E-state index is 0.0664. The molecule has 1 aromatic heterocycles. The van der Waals surface area contributed by atoms with Crippen molar-refractivity contribution in [2.24, 2.45) is 0 Å². The van der Waals surface area contributed by atoms with Crippen LogP contribution in [-0.2, 0) is 20.7 Å². The molecule has 7 nitrogen and oxygen atoms in total. The second kappa shape index (κ2) is 7.55. The Morgan fingerprint density at radius 1 is 1.46 bits per heavy atom. The highest BCUT2D eigenvalue weighted by Crippen LogP contribution is 2.24. The molecule has 1 amide bonds. The molecule has 1 saturated heterocycles. The van der Waals surface area contributed by atoms with Gasteiger partial charge in [0.1, 0.15) is 11.9 Å². The summed E-state index contributed by atoms with van der Waals surface area (Å²) in [6, 6.07) is 9.51. The molecule has 2 aromatic rings. The van der Waals surface area contributed by atoms with E-state index >= 15 is 0 Å². The number of nitrogens with one attached hydrogen (secondary N) is 1. The third-order valence-corrected chi connectivity index (χ3v) is 4.11. The smallest absolute Gasteiger partial charge is 0.256 e. The zero-order valence-corrected chi connectivity index (χ0v) is 13.9. The van der Waals surface area contributed by atoms with E-state index in [9.17, 15) is 4.79 Å². The number of aromatic amines is 1. The van der Waals surface area contributed by atoms with E-state index in [0.717, 1.165) is 17.8 Å². The number of H-pyrrole nitrogens is 1. The third-order valence-electron chi connectivity index (χ3n) is 4.11. The van der Waals surface area contributed by atoms with Crippen molar-refractivity contribution in [2.45, 2.75) is 25.6 Å². The van der Waals surface area contributed by atoms with E-state index in [1.54, 1.807) is 12.0 Å². The van der Waals surface area contributed by atoms with Crippen LogP contribution >= 0.6 is 0 Å². The Bertz CT molecular complexity index is 673. The van der Waals surface area contributed by atoms with E-state index in [2.05, 4.69) is 15.2 Å². The zero-order valence-electron chi connectivity index (χ0n) is 13.9. The number of nitrogens with zero attached hydrogens (tertiary/aromatic N) is 3. The summed E-state index contributed by atoms with van der Waals surface area (Å²) in [7, 11) is 1.55. The summed E-state index contributed by atoms with van der Waals surface area (Å²) in [5, 5.41) is 7.08. The number of aromatic nitrogens is 3. The lowest BCUT2D eigenvalue weighted by atomic mass is 10.1. The maximum Gasteiger partial charge on any atom is 0.256 e. The molecule has 1 aliphatic heterocycles. The van der Waals surface area contributed by atoms with E-state index in [1.807, 2.05) is 37.3 Å². The van der Waals surface area contributed by atoms with E-state index < -0.39 is 6.10 Å². The molecule has 1 N–H and O–H groups in total. The average molecular weight is 330 g/mol. The second-order valence-corrected chi connectivity index (χ2v) is 5.66. The molecule has 2 heterocycles. The van der Waals surface area contributed by atoms with Crippen molar-refractivity contribution in [1.29, 1.82) is 0 Å². The van der Waals surface area contributed by atoms with Gasteiger partial charge in [0.25, 0.3) is 5.91 Å². The van der Waals surface area contributed by atoms with Crippen LogP contribution in [0.25, 0.3) is 0 Å². The van der Waals surface area contributed by atoms with Crippen LogP contribution in [0.4, 0.5) is 0 Å². The number of ether oxygens (including phenoxy) is 2. The number of methoxy groups -OCH3 is 1. The van der Waals surface area contributed by atoms with Crippen LogP contribution in [0.3, 0.4) is 0 Å². The fourth-order valence-electron chi connectivity index (χ4n) is 2.79. The lowest BCUT2D eigenvalue weighted by molar-refractivity contribution is -0.150. The monoisotopic (exact) mass is 330 g/mol. The minimum atomic E-state index is -0.608. The Labute approximate surface area is 141 Å². The molecule has 128 valence electrons. The highest BCUT2D eigenvalue weighted by atomic mass is 16.5. The Balaban J connectivity index is 1.72. The number of morpholine rings is 1. The first-order chi connectivity index (χ1) is 11.7. The van der Waals surface area contributed by atoms with Crippen LogP contribution in [0, 0.1) is 0 Å².